The molecule has 0 heterocycles. The van der Waals surface area contributed by atoms with Crippen LogP contribution in [-0.4, -0.2) is 11.2 Å². The largest absolute Gasteiger partial charge is 0.389 e. The van der Waals surface area contributed by atoms with Gasteiger partial charge < -0.3 is 5.11 Å². The first-order valence-electron chi connectivity index (χ1n) is 6.79. The molecule has 1 heteroatoms. The van der Waals surface area contributed by atoms with Crippen molar-refractivity contribution >= 4 is 0 Å². The topological polar surface area (TPSA) is 20.2 Å². The predicted octanol–water partition coefficient (Wildman–Crippen LogP) is 3.98. The molecule has 16 heavy (non-hydrogen) atoms. The van der Waals surface area contributed by atoms with Crippen LogP contribution in [0.4, 0.5) is 0 Å². The molecular weight excluding hydrogens is 196 g/mol. The number of hydrogen-bond donors (Lipinski definition) is 1. The van der Waals surface area contributed by atoms with E-state index in [0.717, 1.165) is 12.8 Å². The van der Waals surface area contributed by atoms with Crippen LogP contribution in [0.5, 0.6) is 0 Å². The van der Waals surface area contributed by atoms with Crippen molar-refractivity contribution in [3.05, 3.63) is 22.8 Å². The fraction of sp³-hybridized carbons (Fsp3) is 0.733. The van der Waals surface area contributed by atoms with Crippen molar-refractivity contribution in [2.45, 2.75) is 64.9 Å². The molecule has 0 aromatic carbocycles. The monoisotopic (exact) mass is 220 g/mol. The van der Waals surface area contributed by atoms with Gasteiger partial charge in [0.2, 0.25) is 0 Å². The molecule has 1 saturated carbocycles. The summed E-state index contributed by atoms with van der Waals surface area (Å²) in [5.41, 5.74) is 4.48. The van der Waals surface area contributed by atoms with Crippen molar-refractivity contribution in [3.63, 3.8) is 0 Å². The van der Waals surface area contributed by atoms with Crippen molar-refractivity contribution in [1.82, 2.24) is 0 Å². The lowest BCUT2D eigenvalue weighted by Gasteiger charge is -2.27. The van der Waals surface area contributed by atoms with Crippen molar-refractivity contribution in [2.24, 2.45) is 5.92 Å². The van der Waals surface area contributed by atoms with E-state index in [1.54, 1.807) is 11.1 Å². The zero-order valence-electron chi connectivity index (χ0n) is 10.6. The van der Waals surface area contributed by atoms with E-state index in [1.807, 2.05) is 0 Å². The van der Waals surface area contributed by atoms with E-state index in [0.29, 0.717) is 5.92 Å². The van der Waals surface area contributed by atoms with E-state index >= 15 is 0 Å². The van der Waals surface area contributed by atoms with Crippen molar-refractivity contribution < 1.29 is 5.11 Å². The highest BCUT2D eigenvalue weighted by Crippen LogP contribution is 2.34. The van der Waals surface area contributed by atoms with Crippen LogP contribution < -0.4 is 0 Å². The maximum atomic E-state index is 9.96. The van der Waals surface area contributed by atoms with E-state index in [-0.39, 0.29) is 6.10 Å². The molecule has 0 amide bonds. The van der Waals surface area contributed by atoms with E-state index < -0.39 is 0 Å². The van der Waals surface area contributed by atoms with E-state index in [1.165, 1.54) is 37.7 Å². The second-order valence-electron chi connectivity index (χ2n) is 5.54. The van der Waals surface area contributed by atoms with E-state index in [2.05, 4.69) is 19.9 Å². The summed E-state index contributed by atoms with van der Waals surface area (Å²) in [4.78, 5) is 0. The minimum Gasteiger partial charge on any atom is -0.389 e. The number of aliphatic hydroxyl groups excluding tert-OH is 1. The molecule has 0 saturated heterocycles. The average Bonchev–Trinajstić information content (AvgIpc) is 2.30. The van der Waals surface area contributed by atoms with Gasteiger partial charge in [0.05, 0.1) is 6.10 Å². The maximum absolute atomic E-state index is 9.96. The summed E-state index contributed by atoms with van der Waals surface area (Å²) in [7, 11) is 0. The Bertz CT molecular complexity index is 301. The quantitative estimate of drug-likeness (QED) is 0.708. The van der Waals surface area contributed by atoms with Crippen LogP contribution in [-0.2, 0) is 0 Å². The molecule has 2 aliphatic rings. The van der Waals surface area contributed by atoms with Crippen LogP contribution >= 0.6 is 0 Å². The molecule has 90 valence electrons. The van der Waals surface area contributed by atoms with Gasteiger partial charge in [-0.15, -0.1) is 0 Å². The Morgan fingerprint density at radius 3 is 2.44 bits per heavy atom. The van der Waals surface area contributed by atoms with Gasteiger partial charge in [0.15, 0.2) is 0 Å². The molecular formula is C15H24O. The van der Waals surface area contributed by atoms with Gasteiger partial charge in [-0.05, 0) is 55.6 Å². The van der Waals surface area contributed by atoms with Gasteiger partial charge in [0.25, 0.3) is 0 Å². The summed E-state index contributed by atoms with van der Waals surface area (Å²) in [6.45, 7) is 4.37. The second-order valence-corrected chi connectivity index (χ2v) is 5.54. The van der Waals surface area contributed by atoms with E-state index in [4.69, 9.17) is 0 Å². The van der Waals surface area contributed by atoms with Gasteiger partial charge >= 0.3 is 0 Å². The molecule has 2 rings (SSSR count). The van der Waals surface area contributed by atoms with Gasteiger partial charge in [-0.25, -0.2) is 0 Å². The standard InChI is InChI=1S/C15H24O/c1-11(2)14-10-13(8-9-15(14)16)12-6-4-3-5-7-12/h10-11,15-16H,3-9H2,1-2H3. The lowest BCUT2D eigenvalue weighted by atomic mass is 9.81. The molecule has 1 fully saturated rings. The molecule has 0 spiro atoms. The average molecular weight is 220 g/mol. The molecule has 2 aliphatic carbocycles. The summed E-state index contributed by atoms with van der Waals surface area (Å²) >= 11 is 0. The highest BCUT2D eigenvalue weighted by Gasteiger charge is 2.21. The molecule has 1 atom stereocenters. The van der Waals surface area contributed by atoms with Crippen molar-refractivity contribution in [2.75, 3.05) is 0 Å². The molecule has 1 N–H and O–H groups in total. The van der Waals surface area contributed by atoms with Crippen molar-refractivity contribution in [3.8, 4) is 0 Å². The van der Waals surface area contributed by atoms with E-state index in [9.17, 15) is 5.11 Å². The second kappa shape index (κ2) is 5.18. The van der Waals surface area contributed by atoms with Crippen LogP contribution in [0.2, 0.25) is 0 Å². The minimum absolute atomic E-state index is 0.187. The van der Waals surface area contributed by atoms with Crippen LogP contribution in [0.1, 0.15) is 58.8 Å². The molecule has 1 nitrogen and oxygen atoms in total. The third-order valence-corrected chi connectivity index (χ3v) is 3.99. The fourth-order valence-electron chi connectivity index (χ4n) is 2.96. The highest BCUT2D eigenvalue weighted by molar-refractivity contribution is 5.35. The molecule has 1 unspecified atom stereocenters. The maximum Gasteiger partial charge on any atom is 0.0758 e. The van der Waals surface area contributed by atoms with Gasteiger partial charge in [-0.1, -0.05) is 31.9 Å². The van der Waals surface area contributed by atoms with Crippen LogP contribution in [0.15, 0.2) is 22.8 Å². The molecule has 0 bridgehead atoms. The summed E-state index contributed by atoms with van der Waals surface area (Å²) in [5, 5.41) is 9.96. The third-order valence-electron chi connectivity index (χ3n) is 3.99. The lowest BCUT2D eigenvalue weighted by molar-refractivity contribution is 0.186. The Labute approximate surface area is 99.3 Å². The minimum atomic E-state index is -0.187. The fourth-order valence-corrected chi connectivity index (χ4v) is 2.96. The molecule has 0 radical (unpaired) electrons. The van der Waals surface area contributed by atoms with Gasteiger partial charge in [0, 0.05) is 0 Å². The Hall–Kier alpha value is -0.560. The SMILES string of the molecule is CC(C)C1=CC(=C2CCCCC2)CCC1O. The number of aliphatic hydroxyl groups is 1. The Balaban J connectivity index is 2.22. The summed E-state index contributed by atoms with van der Waals surface area (Å²) in [5.74, 6) is 0.481. The molecule has 0 aromatic heterocycles. The lowest BCUT2D eigenvalue weighted by Crippen LogP contribution is -2.19. The zero-order chi connectivity index (χ0) is 11.5. The van der Waals surface area contributed by atoms with Gasteiger partial charge in [0.1, 0.15) is 0 Å². The number of rotatable bonds is 1. The number of allylic oxidation sites excluding steroid dienone is 3. The van der Waals surface area contributed by atoms with Crippen LogP contribution in [0.25, 0.3) is 0 Å². The first-order valence-corrected chi connectivity index (χ1v) is 6.79. The Morgan fingerprint density at radius 2 is 1.81 bits per heavy atom. The highest BCUT2D eigenvalue weighted by atomic mass is 16.3. The zero-order valence-corrected chi connectivity index (χ0v) is 10.6. The van der Waals surface area contributed by atoms with Crippen LogP contribution in [0.3, 0.4) is 0 Å². The molecule has 0 aromatic rings. The first kappa shape index (κ1) is 11.9. The van der Waals surface area contributed by atoms with Gasteiger partial charge in [-0.3, -0.25) is 0 Å². The predicted molar refractivity (Wildman–Crippen MR) is 68.3 cm³/mol. The molecule has 0 aliphatic heterocycles. The summed E-state index contributed by atoms with van der Waals surface area (Å²) in [6, 6.07) is 0. The van der Waals surface area contributed by atoms with Crippen LogP contribution in [0, 0.1) is 5.92 Å². The summed E-state index contributed by atoms with van der Waals surface area (Å²) in [6.07, 6.45) is 10.9. The van der Waals surface area contributed by atoms with Gasteiger partial charge in [-0.2, -0.15) is 0 Å². The normalized spacial score (nSPS) is 27.2. The smallest absolute Gasteiger partial charge is 0.0758 e. The van der Waals surface area contributed by atoms with Crippen molar-refractivity contribution in [1.29, 1.82) is 0 Å². The Morgan fingerprint density at radius 1 is 1.12 bits per heavy atom. The summed E-state index contributed by atoms with van der Waals surface area (Å²) < 4.78 is 0. The number of hydrogen-bond acceptors (Lipinski definition) is 1. The third kappa shape index (κ3) is 2.57. The Kier molecular flexibility index (Phi) is 3.86. The first-order chi connectivity index (χ1) is 7.68.